The Morgan fingerprint density at radius 3 is 2.48 bits per heavy atom. The Labute approximate surface area is 168 Å². The topological polar surface area (TPSA) is 93.8 Å². The minimum Gasteiger partial charge on any atom is -0.346 e. The lowest BCUT2D eigenvalue weighted by atomic mass is 10.2. The summed E-state index contributed by atoms with van der Waals surface area (Å²) in [6, 6.07) is 11.1. The van der Waals surface area contributed by atoms with Crippen LogP contribution in [0.4, 0.5) is 5.82 Å². The standard InChI is InChI=1S/C21H24N6O2/c1-13-17(14(2)26(3)24-13)12-22-21(29)18-11-19(23-20(28)15-9-10-15)27(25-18)16-7-5-4-6-8-16/h4-8,11,15H,9-10,12H2,1-3H3,(H,22,29)(H,23,28). The van der Waals surface area contributed by atoms with E-state index in [1.165, 1.54) is 0 Å². The molecule has 0 atom stereocenters. The summed E-state index contributed by atoms with van der Waals surface area (Å²) in [6.07, 6.45) is 1.81. The zero-order valence-electron chi connectivity index (χ0n) is 16.8. The van der Waals surface area contributed by atoms with E-state index >= 15 is 0 Å². The van der Waals surface area contributed by atoms with Gasteiger partial charge in [-0.2, -0.15) is 10.2 Å². The number of anilines is 1. The zero-order chi connectivity index (χ0) is 20.5. The van der Waals surface area contributed by atoms with Crippen LogP contribution in [0.1, 0.15) is 40.3 Å². The third-order valence-electron chi connectivity index (χ3n) is 5.23. The first-order chi connectivity index (χ1) is 13.9. The predicted molar refractivity (Wildman–Crippen MR) is 109 cm³/mol. The number of nitrogens with one attached hydrogen (secondary N) is 2. The molecule has 2 aromatic heterocycles. The maximum atomic E-state index is 12.7. The molecule has 0 spiro atoms. The average molecular weight is 392 g/mol. The number of benzene rings is 1. The molecule has 0 aliphatic heterocycles. The van der Waals surface area contributed by atoms with Crippen molar-refractivity contribution < 1.29 is 9.59 Å². The molecule has 0 radical (unpaired) electrons. The first-order valence-corrected chi connectivity index (χ1v) is 9.67. The van der Waals surface area contributed by atoms with E-state index in [9.17, 15) is 9.59 Å². The van der Waals surface area contributed by atoms with E-state index in [1.807, 2.05) is 51.2 Å². The molecular weight excluding hydrogens is 368 g/mol. The van der Waals surface area contributed by atoms with Crippen molar-refractivity contribution in [3.05, 3.63) is 59.0 Å². The van der Waals surface area contributed by atoms with Crippen molar-refractivity contribution in [3.63, 3.8) is 0 Å². The first-order valence-electron chi connectivity index (χ1n) is 9.67. The Balaban J connectivity index is 1.57. The molecule has 29 heavy (non-hydrogen) atoms. The largest absolute Gasteiger partial charge is 0.346 e. The van der Waals surface area contributed by atoms with Crippen LogP contribution < -0.4 is 10.6 Å². The molecule has 0 bridgehead atoms. The number of hydrogen-bond acceptors (Lipinski definition) is 4. The van der Waals surface area contributed by atoms with Gasteiger partial charge in [-0.15, -0.1) is 0 Å². The molecular formula is C21H24N6O2. The van der Waals surface area contributed by atoms with Crippen LogP contribution in [0.3, 0.4) is 0 Å². The summed E-state index contributed by atoms with van der Waals surface area (Å²) < 4.78 is 3.39. The van der Waals surface area contributed by atoms with Crippen LogP contribution >= 0.6 is 0 Å². The normalized spacial score (nSPS) is 13.3. The number of aryl methyl sites for hydroxylation is 2. The molecule has 8 heteroatoms. The molecule has 1 aliphatic carbocycles. The lowest BCUT2D eigenvalue weighted by molar-refractivity contribution is -0.117. The van der Waals surface area contributed by atoms with Crippen molar-refractivity contribution in [2.75, 3.05) is 5.32 Å². The number of hydrogen-bond donors (Lipinski definition) is 2. The lowest BCUT2D eigenvalue weighted by Crippen LogP contribution is -2.24. The number of aromatic nitrogens is 4. The van der Waals surface area contributed by atoms with Crippen LogP contribution in [0, 0.1) is 19.8 Å². The van der Waals surface area contributed by atoms with Gasteiger partial charge in [0.15, 0.2) is 5.69 Å². The zero-order valence-corrected chi connectivity index (χ0v) is 16.8. The molecule has 8 nitrogen and oxygen atoms in total. The Bertz CT molecular complexity index is 1060. The molecule has 1 aliphatic rings. The van der Waals surface area contributed by atoms with Gasteiger partial charge in [0.2, 0.25) is 5.91 Å². The lowest BCUT2D eigenvalue weighted by Gasteiger charge is -2.08. The van der Waals surface area contributed by atoms with Gasteiger partial charge >= 0.3 is 0 Å². The summed E-state index contributed by atoms with van der Waals surface area (Å²) in [7, 11) is 1.88. The predicted octanol–water partition coefficient (Wildman–Crippen LogP) is 2.50. The van der Waals surface area contributed by atoms with Crippen LogP contribution in [0.25, 0.3) is 5.69 Å². The highest BCUT2D eigenvalue weighted by molar-refractivity contribution is 5.97. The van der Waals surface area contributed by atoms with E-state index in [-0.39, 0.29) is 23.4 Å². The fourth-order valence-electron chi connectivity index (χ4n) is 3.25. The van der Waals surface area contributed by atoms with Gasteiger partial charge in [-0.05, 0) is 38.8 Å². The van der Waals surface area contributed by atoms with Gasteiger partial charge in [0.1, 0.15) is 5.82 Å². The minimum absolute atomic E-state index is 0.0318. The fraction of sp³-hybridized carbons (Fsp3) is 0.333. The third-order valence-corrected chi connectivity index (χ3v) is 5.23. The summed E-state index contributed by atoms with van der Waals surface area (Å²) in [5.41, 5.74) is 3.91. The van der Waals surface area contributed by atoms with E-state index in [4.69, 9.17) is 0 Å². The number of rotatable bonds is 6. The Kier molecular flexibility index (Phi) is 4.92. The Morgan fingerprint density at radius 2 is 1.86 bits per heavy atom. The monoisotopic (exact) mass is 392 g/mol. The van der Waals surface area contributed by atoms with Crippen molar-refractivity contribution in [3.8, 4) is 5.69 Å². The van der Waals surface area contributed by atoms with Gasteiger partial charge in [-0.25, -0.2) is 4.68 Å². The van der Waals surface area contributed by atoms with E-state index in [2.05, 4.69) is 20.8 Å². The maximum Gasteiger partial charge on any atom is 0.272 e. The second-order valence-corrected chi connectivity index (χ2v) is 7.38. The van der Waals surface area contributed by atoms with Crippen LogP contribution in [0.5, 0.6) is 0 Å². The Morgan fingerprint density at radius 1 is 1.14 bits per heavy atom. The number of carbonyl (C=O) groups is 2. The summed E-state index contributed by atoms with van der Waals surface area (Å²) in [5, 5.41) is 14.6. The van der Waals surface area contributed by atoms with E-state index < -0.39 is 0 Å². The van der Waals surface area contributed by atoms with Crippen LogP contribution in [0.15, 0.2) is 36.4 Å². The van der Waals surface area contributed by atoms with Crippen molar-refractivity contribution in [1.29, 1.82) is 0 Å². The molecule has 150 valence electrons. The summed E-state index contributed by atoms with van der Waals surface area (Å²) in [6.45, 7) is 4.26. The second kappa shape index (κ2) is 7.54. The molecule has 2 amide bonds. The van der Waals surface area contributed by atoms with E-state index in [0.29, 0.717) is 12.4 Å². The molecule has 2 N–H and O–H groups in total. The summed E-state index contributed by atoms with van der Waals surface area (Å²) in [4.78, 5) is 25.0. The molecule has 4 rings (SSSR count). The second-order valence-electron chi connectivity index (χ2n) is 7.38. The van der Waals surface area contributed by atoms with Crippen molar-refractivity contribution in [2.45, 2.75) is 33.2 Å². The Hall–Kier alpha value is -3.42. The van der Waals surface area contributed by atoms with Gasteiger partial charge in [0, 0.05) is 36.8 Å². The smallest absolute Gasteiger partial charge is 0.272 e. The first kappa shape index (κ1) is 18.9. The van der Waals surface area contributed by atoms with Crippen LogP contribution in [0.2, 0.25) is 0 Å². The summed E-state index contributed by atoms with van der Waals surface area (Å²) >= 11 is 0. The molecule has 1 saturated carbocycles. The van der Waals surface area contributed by atoms with Crippen molar-refractivity contribution in [2.24, 2.45) is 13.0 Å². The average Bonchev–Trinajstić information content (AvgIpc) is 3.44. The van der Waals surface area contributed by atoms with Crippen molar-refractivity contribution in [1.82, 2.24) is 24.9 Å². The molecule has 3 aromatic rings. The van der Waals surface area contributed by atoms with E-state index in [1.54, 1.807) is 15.4 Å². The quantitative estimate of drug-likeness (QED) is 0.674. The molecule has 1 aromatic carbocycles. The highest BCUT2D eigenvalue weighted by Gasteiger charge is 2.30. The van der Waals surface area contributed by atoms with E-state index in [0.717, 1.165) is 35.5 Å². The van der Waals surface area contributed by atoms with Gasteiger partial charge in [0.05, 0.1) is 11.4 Å². The third kappa shape index (κ3) is 3.91. The summed E-state index contributed by atoms with van der Waals surface area (Å²) in [5.74, 6) is 0.217. The van der Waals surface area contributed by atoms with Crippen molar-refractivity contribution >= 4 is 17.6 Å². The number of carbonyl (C=O) groups excluding carboxylic acids is 2. The van der Waals surface area contributed by atoms with Crippen LogP contribution in [-0.2, 0) is 18.4 Å². The highest BCUT2D eigenvalue weighted by Crippen LogP contribution is 2.30. The number of amides is 2. The maximum absolute atomic E-state index is 12.7. The molecule has 0 saturated heterocycles. The van der Waals surface area contributed by atoms with Gasteiger partial charge in [-0.1, -0.05) is 18.2 Å². The van der Waals surface area contributed by atoms with Gasteiger partial charge in [-0.3, -0.25) is 14.3 Å². The number of para-hydroxylation sites is 1. The SMILES string of the molecule is Cc1nn(C)c(C)c1CNC(=O)c1cc(NC(=O)C2CC2)n(-c2ccccc2)n1. The fourth-order valence-corrected chi connectivity index (χ4v) is 3.25. The number of nitrogens with zero attached hydrogens (tertiary/aromatic N) is 4. The van der Waals surface area contributed by atoms with Crippen LogP contribution in [-0.4, -0.2) is 31.4 Å². The highest BCUT2D eigenvalue weighted by atomic mass is 16.2. The van der Waals surface area contributed by atoms with Gasteiger partial charge < -0.3 is 10.6 Å². The minimum atomic E-state index is -0.302. The van der Waals surface area contributed by atoms with Gasteiger partial charge in [0.25, 0.3) is 5.91 Å². The molecule has 2 heterocycles. The molecule has 1 fully saturated rings. The molecule has 0 unspecified atom stereocenters.